The maximum atomic E-state index is 13.2. The summed E-state index contributed by atoms with van der Waals surface area (Å²) in [4.78, 5) is 33.8. The molecule has 1 aromatic heterocycles. The van der Waals surface area contributed by atoms with Gasteiger partial charge in [0.2, 0.25) is 5.91 Å². The molecule has 0 bridgehead atoms. The Labute approximate surface area is 162 Å². The van der Waals surface area contributed by atoms with Gasteiger partial charge >= 0.3 is 0 Å². The molecule has 1 aromatic carbocycles. The van der Waals surface area contributed by atoms with Crippen molar-refractivity contribution in [2.45, 2.75) is 31.8 Å². The number of ether oxygens (including phenoxy) is 2. The molecule has 2 aromatic rings. The van der Waals surface area contributed by atoms with Gasteiger partial charge in [0.15, 0.2) is 11.5 Å². The van der Waals surface area contributed by atoms with E-state index in [2.05, 4.69) is 4.98 Å². The molecular weight excluding hydrogens is 358 g/mol. The van der Waals surface area contributed by atoms with Crippen molar-refractivity contribution in [3.05, 3.63) is 47.8 Å². The van der Waals surface area contributed by atoms with Gasteiger partial charge in [-0.2, -0.15) is 0 Å². The number of carbonyl (C=O) groups excluding carboxylic acids is 2. The molecule has 0 unspecified atom stereocenters. The van der Waals surface area contributed by atoms with Crippen LogP contribution in [0, 0.1) is 0 Å². The third-order valence-electron chi connectivity index (χ3n) is 5.39. The lowest BCUT2D eigenvalue weighted by atomic mass is 10.0. The first-order chi connectivity index (χ1) is 13.7. The lowest BCUT2D eigenvalue weighted by Gasteiger charge is -2.34. The molecule has 3 heterocycles. The molecule has 0 saturated heterocycles. The van der Waals surface area contributed by atoms with E-state index in [9.17, 15) is 9.59 Å². The second kappa shape index (κ2) is 6.82. The van der Waals surface area contributed by atoms with Crippen LogP contribution in [0.2, 0.25) is 0 Å². The van der Waals surface area contributed by atoms with E-state index in [0.29, 0.717) is 56.0 Å². The number of hydrogen-bond acceptors (Lipinski definition) is 5. The van der Waals surface area contributed by atoms with Gasteiger partial charge in [0.25, 0.3) is 5.91 Å². The Kier molecular flexibility index (Phi) is 4.15. The van der Waals surface area contributed by atoms with Crippen LogP contribution in [0.25, 0.3) is 0 Å². The highest BCUT2D eigenvalue weighted by Gasteiger charge is 2.37. The van der Waals surface area contributed by atoms with Crippen LogP contribution in [-0.4, -0.2) is 47.5 Å². The maximum absolute atomic E-state index is 13.2. The summed E-state index contributed by atoms with van der Waals surface area (Å²) in [5.41, 5.74) is 1.95. The van der Waals surface area contributed by atoms with Crippen LogP contribution in [0.1, 0.15) is 35.3 Å². The Morgan fingerprint density at radius 3 is 2.75 bits per heavy atom. The summed E-state index contributed by atoms with van der Waals surface area (Å²) in [7, 11) is 0. The van der Waals surface area contributed by atoms with Crippen LogP contribution in [0.4, 0.5) is 5.69 Å². The summed E-state index contributed by atoms with van der Waals surface area (Å²) in [6.45, 7) is 1.68. The fraction of sp³-hybridized carbons (Fsp3) is 0.381. The molecule has 1 saturated carbocycles. The van der Waals surface area contributed by atoms with Crippen molar-refractivity contribution in [3.8, 4) is 11.5 Å². The topological polar surface area (TPSA) is 72.0 Å². The number of benzene rings is 1. The normalized spacial score (nSPS) is 18.9. The SMILES string of the molecule is O=C(c1ccccn1)N1CCC(=O)N(C2CC2)Cc2c1ccc1c2OCCO1. The molecule has 7 heteroatoms. The highest BCUT2D eigenvalue weighted by atomic mass is 16.6. The number of nitrogens with zero attached hydrogens (tertiary/aromatic N) is 3. The number of hydrogen-bond donors (Lipinski definition) is 0. The molecule has 1 fully saturated rings. The molecule has 0 spiro atoms. The van der Waals surface area contributed by atoms with Crippen LogP contribution in [-0.2, 0) is 11.3 Å². The molecule has 0 atom stereocenters. The first kappa shape index (κ1) is 17.0. The smallest absolute Gasteiger partial charge is 0.276 e. The molecular formula is C21H21N3O4. The van der Waals surface area contributed by atoms with Gasteiger partial charge in [0.1, 0.15) is 18.9 Å². The van der Waals surface area contributed by atoms with Gasteiger partial charge < -0.3 is 19.3 Å². The second-order valence-electron chi connectivity index (χ2n) is 7.26. The molecule has 3 aliphatic rings. The Bertz CT molecular complexity index is 927. The summed E-state index contributed by atoms with van der Waals surface area (Å²) in [6, 6.07) is 9.28. The minimum Gasteiger partial charge on any atom is -0.486 e. The molecule has 0 radical (unpaired) electrons. The average Bonchev–Trinajstić information content (AvgIpc) is 3.56. The van der Waals surface area contributed by atoms with E-state index in [4.69, 9.17) is 9.47 Å². The summed E-state index contributed by atoms with van der Waals surface area (Å²) in [6.07, 6.45) is 3.96. The van der Waals surface area contributed by atoms with Gasteiger partial charge in [-0.15, -0.1) is 0 Å². The third-order valence-corrected chi connectivity index (χ3v) is 5.39. The van der Waals surface area contributed by atoms with Crippen molar-refractivity contribution in [1.29, 1.82) is 0 Å². The van der Waals surface area contributed by atoms with Gasteiger partial charge in [-0.25, -0.2) is 0 Å². The number of fused-ring (bicyclic) bond motifs is 3. The van der Waals surface area contributed by atoms with E-state index < -0.39 is 0 Å². The lowest BCUT2D eigenvalue weighted by Crippen LogP contribution is -2.42. The van der Waals surface area contributed by atoms with Crippen LogP contribution in [0.3, 0.4) is 0 Å². The highest BCUT2D eigenvalue weighted by Crippen LogP contribution is 2.43. The number of aromatic nitrogens is 1. The van der Waals surface area contributed by atoms with E-state index in [-0.39, 0.29) is 11.8 Å². The standard InChI is InChI=1S/C21H21N3O4/c25-19-8-10-23(21(26)16-3-1-2-9-22-16)17-6-7-18-20(28-12-11-27-18)15(17)13-24(19)14-4-5-14/h1-3,6-7,9,14H,4-5,8,10-13H2. The molecule has 144 valence electrons. The Hall–Kier alpha value is -3.09. The number of anilines is 1. The zero-order valence-electron chi connectivity index (χ0n) is 15.5. The summed E-state index contributed by atoms with van der Waals surface area (Å²) in [5.74, 6) is 1.16. The number of carbonyl (C=O) groups is 2. The third kappa shape index (κ3) is 2.96. The summed E-state index contributed by atoms with van der Waals surface area (Å²) < 4.78 is 11.7. The number of pyridine rings is 1. The fourth-order valence-electron chi connectivity index (χ4n) is 3.86. The van der Waals surface area contributed by atoms with Crippen molar-refractivity contribution in [2.75, 3.05) is 24.7 Å². The van der Waals surface area contributed by atoms with E-state index >= 15 is 0 Å². The summed E-state index contributed by atoms with van der Waals surface area (Å²) in [5, 5.41) is 0. The van der Waals surface area contributed by atoms with Crippen LogP contribution >= 0.6 is 0 Å². The van der Waals surface area contributed by atoms with Gasteiger partial charge in [0.05, 0.1) is 12.2 Å². The monoisotopic (exact) mass is 379 g/mol. The second-order valence-corrected chi connectivity index (χ2v) is 7.26. The average molecular weight is 379 g/mol. The Morgan fingerprint density at radius 2 is 1.96 bits per heavy atom. The zero-order chi connectivity index (χ0) is 19.1. The first-order valence-corrected chi connectivity index (χ1v) is 9.66. The molecule has 0 N–H and O–H groups in total. The molecule has 7 nitrogen and oxygen atoms in total. The Morgan fingerprint density at radius 1 is 1.11 bits per heavy atom. The summed E-state index contributed by atoms with van der Waals surface area (Å²) >= 11 is 0. The Balaban J connectivity index is 1.61. The first-order valence-electron chi connectivity index (χ1n) is 9.66. The predicted molar refractivity (Wildman–Crippen MR) is 102 cm³/mol. The highest BCUT2D eigenvalue weighted by molar-refractivity contribution is 6.06. The number of amides is 2. The van der Waals surface area contributed by atoms with Crippen molar-refractivity contribution in [1.82, 2.24) is 9.88 Å². The molecule has 28 heavy (non-hydrogen) atoms. The van der Waals surface area contributed by atoms with Gasteiger partial charge in [-0.3, -0.25) is 14.6 Å². The van der Waals surface area contributed by atoms with E-state index in [1.165, 1.54) is 0 Å². The molecule has 1 aliphatic carbocycles. The van der Waals surface area contributed by atoms with Crippen molar-refractivity contribution >= 4 is 17.5 Å². The van der Waals surface area contributed by atoms with Gasteiger partial charge in [0, 0.05) is 30.8 Å². The van der Waals surface area contributed by atoms with Crippen LogP contribution in [0.5, 0.6) is 11.5 Å². The zero-order valence-corrected chi connectivity index (χ0v) is 15.5. The van der Waals surface area contributed by atoms with Crippen molar-refractivity contribution < 1.29 is 19.1 Å². The molecule has 2 amide bonds. The van der Waals surface area contributed by atoms with Gasteiger partial charge in [-0.1, -0.05) is 6.07 Å². The molecule has 5 rings (SSSR count). The van der Waals surface area contributed by atoms with Crippen molar-refractivity contribution in [3.63, 3.8) is 0 Å². The van der Waals surface area contributed by atoms with Crippen molar-refractivity contribution in [2.24, 2.45) is 0 Å². The fourth-order valence-corrected chi connectivity index (χ4v) is 3.86. The van der Waals surface area contributed by atoms with Crippen LogP contribution < -0.4 is 14.4 Å². The van der Waals surface area contributed by atoms with Crippen LogP contribution in [0.15, 0.2) is 36.5 Å². The number of rotatable bonds is 2. The minimum atomic E-state index is -0.216. The van der Waals surface area contributed by atoms with E-state index in [1.807, 2.05) is 17.0 Å². The molecule has 2 aliphatic heterocycles. The maximum Gasteiger partial charge on any atom is 0.276 e. The largest absolute Gasteiger partial charge is 0.486 e. The predicted octanol–water partition coefficient (Wildman–Crippen LogP) is 2.39. The lowest BCUT2D eigenvalue weighted by molar-refractivity contribution is -0.132. The van der Waals surface area contributed by atoms with E-state index in [0.717, 1.165) is 24.1 Å². The quantitative estimate of drug-likeness (QED) is 0.801. The minimum absolute atomic E-state index is 0.0706. The van der Waals surface area contributed by atoms with Gasteiger partial charge in [-0.05, 0) is 37.1 Å². The van der Waals surface area contributed by atoms with E-state index in [1.54, 1.807) is 29.3 Å².